The second-order valence-electron chi connectivity index (χ2n) is 5.66. The zero-order valence-corrected chi connectivity index (χ0v) is 12.4. The third kappa shape index (κ3) is 4.08. The van der Waals surface area contributed by atoms with Crippen molar-refractivity contribution < 1.29 is 0 Å². The lowest BCUT2D eigenvalue weighted by Crippen LogP contribution is -2.30. The third-order valence-corrected chi connectivity index (χ3v) is 3.83. The Bertz CT molecular complexity index is 405. The van der Waals surface area contributed by atoms with Gasteiger partial charge in [-0.15, -0.1) is 0 Å². The van der Waals surface area contributed by atoms with Crippen LogP contribution in [0.1, 0.15) is 51.6 Å². The van der Waals surface area contributed by atoms with Gasteiger partial charge in [-0.1, -0.05) is 26.7 Å². The van der Waals surface area contributed by atoms with Gasteiger partial charge in [0.2, 0.25) is 5.95 Å². The Labute approximate surface area is 116 Å². The molecule has 4 nitrogen and oxygen atoms in total. The highest BCUT2D eigenvalue weighted by Crippen LogP contribution is 2.26. The first-order valence-corrected chi connectivity index (χ1v) is 7.55. The van der Waals surface area contributed by atoms with E-state index in [4.69, 9.17) is 0 Å². The van der Waals surface area contributed by atoms with E-state index in [1.54, 1.807) is 0 Å². The molecule has 0 saturated heterocycles. The molecule has 1 aliphatic rings. The summed E-state index contributed by atoms with van der Waals surface area (Å²) in [6.45, 7) is 7.42. The molecule has 2 N–H and O–H groups in total. The maximum atomic E-state index is 4.57. The van der Waals surface area contributed by atoms with E-state index in [1.807, 2.05) is 13.0 Å². The van der Waals surface area contributed by atoms with Crippen molar-refractivity contribution in [2.45, 2.75) is 58.9 Å². The van der Waals surface area contributed by atoms with Crippen LogP contribution in [0.4, 0.5) is 11.8 Å². The second kappa shape index (κ2) is 6.73. The van der Waals surface area contributed by atoms with Crippen LogP contribution in [0.3, 0.4) is 0 Å². The molecule has 1 heterocycles. The highest BCUT2D eigenvalue weighted by molar-refractivity contribution is 5.43. The predicted octanol–water partition coefficient (Wildman–Crippen LogP) is 3.60. The van der Waals surface area contributed by atoms with Crippen LogP contribution < -0.4 is 10.6 Å². The van der Waals surface area contributed by atoms with E-state index in [0.29, 0.717) is 6.04 Å². The lowest BCUT2D eigenvalue weighted by Gasteiger charge is -2.30. The smallest absolute Gasteiger partial charge is 0.224 e. The Morgan fingerprint density at radius 3 is 2.79 bits per heavy atom. The molecule has 19 heavy (non-hydrogen) atoms. The summed E-state index contributed by atoms with van der Waals surface area (Å²) < 4.78 is 0. The number of nitrogens with zero attached hydrogens (tertiary/aromatic N) is 2. The van der Waals surface area contributed by atoms with Gasteiger partial charge < -0.3 is 10.6 Å². The van der Waals surface area contributed by atoms with Crippen molar-refractivity contribution in [2.75, 3.05) is 17.2 Å². The van der Waals surface area contributed by atoms with Gasteiger partial charge >= 0.3 is 0 Å². The van der Waals surface area contributed by atoms with Crippen molar-refractivity contribution >= 4 is 11.8 Å². The molecule has 0 aromatic carbocycles. The number of nitrogens with one attached hydrogen (secondary N) is 2. The van der Waals surface area contributed by atoms with Crippen LogP contribution in [0.2, 0.25) is 0 Å². The highest BCUT2D eigenvalue weighted by Gasteiger charge is 2.21. The number of rotatable bonds is 5. The van der Waals surface area contributed by atoms with Crippen LogP contribution in [0.15, 0.2) is 6.07 Å². The van der Waals surface area contributed by atoms with Gasteiger partial charge in [0.15, 0.2) is 0 Å². The SMILES string of the molecule is CCCNc1nc(C)cc(NC2CCCCC2C)n1. The summed E-state index contributed by atoms with van der Waals surface area (Å²) >= 11 is 0. The van der Waals surface area contributed by atoms with E-state index in [2.05, 4.69) is 34.4 Å². The van der Waals surface area contributed by atoms with Gasteiger partial charge in [0.05, 0.1) is 0 Å². The molecule has 2 rings (SSSR count). The van der Waals surface area contributed by atoms with Crippen LogP contribution in [0, 0.1) is 12.8 Å². The molecule has 1 aliphatic carbocycles. The maximum absolute atomic E-state index is 4.57. The molecule has 2 atom stereocenters. The summed E-state index contributed by atoms with van der Waals surface area (Å²) in [6.07, 6.45) is 6.35. The Kier molecular flexibility index (Phi) is 5.00. The molecule has 1 fully saturated rings. The lowest BCUT2D eigenvalue weighted by molar-refractivity contribution is 0.349. The summed E-state index contributed by atoms with van der Waals surface area (Å²) in [4.78, 5) is 8.99. The van der Waals surface area contributed by atoms with Gasteiger partial charge in [-0.2, -0.15) is 4.98 Å². The Morgan fingerprint density at radius 2 is 2.05 bits per heavy atom. The number of hydrogen-bond acceptors (Lipinski definition) is 4. The van der Waals surface area contributed by atoms with Crippen LogP contribution in [-0.4, -0.2) is 22.6 Å². The van der Waals surface area contributed by atoms with E-state index in [9.17, 15) is 0 Å². The fraction of sp³-hybridized carbons (Fsp3) is 0.733. The molecule has 4 heteroatoms. The molecule has 106 valence electrons. The standard InChI is InChI=1S/C15H26N4/c1-4-9-16-15-17-12(3)10-14(19-15)18-13-8-6-5-7-11(13)2/h10-11,13H,4-9H2,1-3H3,(H2,16,17,18,19). The third-order valence-electron chi connectivity index (χ3n) is 3.83. The molecule has 0 bridgehead atoms. The molecular weight excluding hydrogens is 236 g/mol. The number of aryl methyl sites for hydroxylation is 1. The van der Waals surface area contributed by atoms with Crippen LogP contribution >= 0.6 is 0 Å². The van der Waals surface area contributed by atoms with Gasteiger partial charge in [-0.05, 0) is 32.1 Å². The zero-order chi connectivity index (χ0) is 13.7. The molecule has 0 aliphatic heterocycles. The minimum absolute atomic E-state index is 0.557. The second-order valence-corrected chi connectivity index (χ2v) is 5.66. The topological polar surface area (TPSA) is 49.8 Å². The molecular formula is C15H26N4. The van der Waals surface area contributed by atoms with Gasteiger partial charge in [-0.3, -0.25) is 0 Å². The molecule has 1 aromatic rings. The van der Waals surface area contributed by atoms with E-state index in [-0.39, 0.29) is 0 Å². The molecule has 0 amide bonds. The summed E-state index contributed by atoms with van der Waals surface area (Å²) in [5.74, 6) is 2.44. The van der Waals surface area contributed by atoms with Crippen LogP contribution in [-0.2, 0) is 0 Å². The highest BCUT2D eigenvalue weighted by atomic mass is 15.1. The fourth-order valence-electron chi connectivity index (χ4n) is 2.68. The van der Waals surface area contributed by atoms with Crippen molar-refractivity contribution in [3.8, 4) is 0 Å². The van der Waals surface area contributed by atoms with E-state index < -0.39 is 0 Å². The van der Waals surface area contributed by atoms with Crippen molar-refractivity contribution in [3.05, 3.63) is 11.8 Å². The fourth-order valence-corrected chi connectivity index (χ4v) is 2.68. The summed E-state index contributed by atoms with van der Waals surface area (Å²) in [6, 6.07) is 2.60. The van der Waals surface area contributed by atoms with E-state index in [1.165, 1.54) is 25.7 Å². The Morgan fingerprint density at radius 1 is 1.26 bits per heavy atom. The van der Waals surface area contributed by atoms with E-state index >= 15 is 0 Å². The maximum Gasteiger partial charge on any atom is 0.224 e. The Hall–Kier alpha value is -1.32. The molecule has 0 spiro atoms. The first-order valence-electron chi connectivity index (χ1n) is 7.55. The van der Waals surface area contributed by atoms with Gasteiger partial charge in [-0.25, -0.2) is 4.98 Å². The van der Waals surface area contributed by atoms with Crippen LogP contribution in [0.25, 0.3) is 0 Å². The molecule has 1 aromatic heterocycles. The van der Waals surface area contributed by atoms with Crippen molar-refractivity contribution in [1.29, 1.82) is 0 Å². The monoisotopic (exact) mass is 262 g/mol. The quantitative estimate of drug-likeness (QED) is 0.851. The zero-order valence-electron chi connectivity index (χ0n) is 12.4. The number of hydrogen-bond donors (Lipinski definition) is 2. The van der Waals surface area contributed by atoms with Crippen molar-refractivity contribution in [1.82, 2.24) is 9.97 Å². The number of aromatic nitrogens is 2. The number of anilines is 2. The largest absolute Gasteiger partial charge is 0.367 e. The summed E-state index contributed by atoms with van der Waals surface area (Å²) in [7, 11) is 0. The van der Waals surface area contributed by atoms with Gasteiger partial charge in [0.25, 0.3) is 0 Å². The average molecular weight is 262 g/mol. The minimum Gasteiger partial charge on any atom is -0.367 e. The van der Waals surface area contributed by atoms with Crippen molar-refractivity contribution in [3.63, 3.8) is 0 Å². The molecule has 1 saturated carbocycles. The lowest BCUT2D eigenvalue weighted by atomic mass is 9.86. The summed E-state index contributed by atoms with van der Waals surface area (Å²) in [5, 5.41) is 6.86. The van der Waals surface area contributed by atoms with E-state index in [0.717, 1.165) is 36.3 Å². The Balaban J connectivity index is 2.04. The minimum atomic E-state index is 0.557. The average Bonchev–Trinajstić information content (AvgIpc) is 2.38. The van der Waals surface area contributed by atoms with Crippen LogP contribution in [0.5, 0.6) is 0 Å². The van der Waals surface area contributed by atoms with Crippen molar-refractivity contribution in [2.24, 2.45) is 5.92 Å². The van der Waals surface area contributed by atoms with Gasteiger partial charge in [0, 0.05) is 24.3 Å². The first kappa shape index (κ1) is 14.1. The van der Waals surface area contributed by atoms with Gasteiger partial charge in [0.1, 0.15) is 5.82 Å². The summed E-state index contributed by atoms with van der Waals surface area (Å²) in [5.41, 5.74) is 1.01. The normalized spacial score (nSPS) is 23.1. The predicted molar refractivity (Wildman–Crippen MR) is 80.6 cm³/mol. The molecule has 2 unspecified atom stereocenters. The first-order chi connectivity index (χ1) is 9.19. The molecule has 0 radical (unpaired) electrons.